The molecule has 0 unspecified atom stereocenters. The molecule has 0 N–H and O–H groups in total. The van der Waals surface area contributed by atoms with E-state index in [1.54, 1.807) is 0 Å². The first-order chi connectivity index (χ1) is 10.3. The zero-order chi connectivity index (χ0) is 14.7. The summed E-state index contributed by atoms with van der Waals surface area (Å²) in [6, 6.07) is 12.0. The molecule has 0 saturated carbocycles. The first-order valence-electron chi connectivity index (χ1n) is 6.50. The third kappa shape index (κ3) is 3.03. The van der Waals surface area contributed by atoms with Crippen LogP contribution in [0.2, 0.25) is 0 Å². The lowest BCUT2D eigenvalue weighted by Crippen LogP contribution is -1.99. The fourth-order valence-corrected chi connectivity index (χ4v) is 2.90. The molecule has 0 atom stereocenters. The van der Waals surface area contributed by atoms with E-state index in [1.165, 1.54) is 24.0 Å². The van der Waals surface area contributed by atoms with E-state index >= 15 is 0 Å². The number of nitrogens with zero attached hydrogens (tertiary/aromatic N) is 2. The van der Waals surface area contributed by atoms with Crippen LogP contribution in [0, 0.1) is 0 Å². The van der Waals surface area contributed by atoms with Gasteiger partial charge in [0.05, 0.1) is 19.9 Å². The number of carbonyl (C=O) groups is 1. The molecule has 1 aromatic carbocycles. The largest absolute Gasteiger partial charge is 0.465 e. The molecule has 4 nitrogen and oxygen atoms in total. The van der Waals surface area contributed by atoms with Crippen molar-refractivity contribution in [3.8, 4) is 11.1 Å². The lowest BCUT2D eigenvalue weighted by Gasteiger charge is -2.00. The van der Waals surface area contributed by atoms with Crippen LogP contribution in [0.25, 0.3) is 11.1 Å². The van der Waals surface area contributed by atoms with Crippen LogP contribution in [0.4, 0.5) is 0 Å². The number of carbonyl (C=O) groups excluding carboxylic acids is 1. The monoisotopic (exact) mass is 298 g/mol. The smallest absolute Gasteiger partial charge is 0.348 e. The molecule has 2 heterocycles. The molecule has 0 spiro atoms. The Labute approximate surface area is 126 Å². The zero-order valence-corrected chi connectivity index (χ0v) is 12.3. The van der Waals surface area contributed by atoms with Gasteiger partial charge in [0.25, 0.3) is 0 Å². The maximum atomic E-state index is 11.5. The predicted molar refractivity (Wildman–Crippen MR) is 82.4 cm³/mol. The number of rotatable bonds is 4. The molecule has 0 bridgehead atoms. The Balaban J connectivity index is 1.78. The molecule has 5 heteroatoms. The Morgan fingerprint density at radius 2 is 2.10 bits per heavy atom. The number of hydrogen-bond acceptors (Lipinski definition) is 4. The van der Waals surface area contributed by atoms with Crippen molar-refractivity contribution in [3.05, 3.63) is 64.6 Å². The fourth-order valence-electron chi connectivity index (χ4n) is 2.06. The second kappa shape index (κ2) is 5.93. The summed E-state index contributed by atoms with van der Waals surface area (Å²) in [5.74, 6) is -0.303. The van der Waals surface area contributed by atoms with Crippen molar-refractivity contribution in [2.45, 2.75) is 6.54 Å². The van der Waals surface area contributed by atoms with Gasteiger partial charge in [-0.3, -0.25) is 4.68 Å². The molecule has 0 fully saturated rings. The molecule has 21 heavy (non-hydrogen) atoms. The second-order valence-corrected chi connectivity index (χ2v) is 5.51. The molecule has 3 aromatic rings. The summed E-state index contributed by atoms with van der Waals surface area (Å²) < 4.78 is 6.61. The van der Waals surface area contributed by atoms with Crippen LogP contribution in [-0.4, -0.2) is 22.9 Å². The van der Waals surface area contributed by atoms with Crippen molar-refractivity contribution in [1.29, 1.82) is 0 Å². The van der Waals surface area contributed by atoms with Crippen LogP contribution in [0.5, 0.6) is 0 Å². The van der Waals surface area contributed by atoms with Crippen molar-refractivity contribution in [2.75, 3.05) is 7.11 Å². The minimum atomic E-state index is -0.303. The minimum absolute atomic E-state index is 0.303. The van der Waals surface area contributed by atoms with Crippen molar-refractivity contribution in [1.82, 2.24) is 9.78 Å². The number of esters is 1. The topological polar surface area (TPSA) is 44.1 Å². The van der Waals surface area contributed by atoms with E-state index in [1.807, 2.05) is 46.7 Å². The number of aromatic nitrogens is 2. The number of hydrogen-bond donors (Lipinski definition) is 0. The van der Waals surface area contributed by atoms with E-state index in [2.05, 4.69) is 17.2 Å². The summed E-state index contributed by atoms with van der Waals surface area (Å²) >= 11 is 1.38. The molecule has 3 rings (SSSR count). The van der Waals surface area contributed by atoms with Gasteiger partial charge in [-0.05, 0) is 22.6 Å². The van der Waals surface area contributed by atoms with Crippen molar-refractivity contribution in [2.24, 2.45) is 0 Å². The summed E-state index contributed by atoms with van der Waals surface area (Å²) in [4.78, 5) is 12.1. The summed E-state index contributed by atoms with van der Waals surface area (Å²) in [5.41, 5.74) is 3.18. The molecule has 0 aliphatic heterocycles. The van der Waals surface area contributed by atoms with E-state index in [0.717, 1.165) is 17.7 Å². The standard InChI is InChI=1S/C16H14N2O2S/c1-20-16(19)15-7-13(11-21-15)14-8-17-18(10-14)9-12-5-3-2-4-6-12/h2-8,10-11H,9H2,1H3. The highest BCUT2D eigenvalue weighted by molar-refractivity contribution is 7.12. The number of thiophene rings is 1. The Kier molecular flexibility index (Phi) is 3.83. The zero-order valence-electron chi connectivity index (χ0n) is 11.5. The van der Waals surface area contributed by atoms with Gasteiger partial charge in [-0.15, -0.1) is 11.3 Å². The fraction of sp³-hybridized carbons (Fsp3) is 0.125. The Bertz CT molecular complexity index is 746. The lowest BCUT2D eigenvalue weighted by atomic mass is 10.2. The Morgan fingerprint density at radius 1 is 1.29 bits per heavy atom. The lowest BCUT2D eigenvalue weighted by molar-refractivity contribution is 0.0606. The van der Waals surface area contributed by atoms with Gasteiger partial charge in [0.1, 0.15) is 4.88 Å². The Hall–Kier alpha value is -2.40. The highest BCUT2D eigenvalue weighted by atomic mass is 32.1. The summed E-state index contributed by atoms with van der Waals surface area (Å²) in [5, 5.41) is 6.31. The first kappa shape index (κ1) is 13.6. The van der Waals surface area contributed by atoms with E-state index in [4.69, 9.17) is 4.74 Å². The van der Waals surface area contributed by atoms with Crippen LogP contribution in [0.3, 0.4) is 0 Å². The highest BCUT2D eigenvalue weighted by Gasteiger charge is 2.11. The number of methoxy groups -OCH3 is 1. The molecular weight excluding hydrogens is 284 g/mol. The normalized spacial score (nSPS) is 10.5. The van der Waals surface area contributed by atoms with Crippen molar-refractivity contribution < 1.29 is 9.53 Å². The Morgan fingerprint density at radius 3 is 2.86 bits per heavy atom. The maximum Gasteiger partial charge on any atom is 0.348 e. The third-order valence-electron chi connectivity index (χ3n) is 3.14. The number of benzene rings is 1. The van der Waals surface area contributed by atoms with Crippen LogP contribution in [-0.2, 0) is 11.3 Å². The predicted octanol–water partition coefficient (Wildman–Crippen LogP) is 3.45. The molecule has 0 aliphatic carbocycles. The molecule has 106 valence electrons. The molecule has 0 aliphatic rings. The average molecular weight is 298 g/mol. The average Bonchev–Trinajstić information content (AvgIpc) is 3.16. The van der Waals surface area contributed by atoms with Crippen molar-refractivity contribution in [3.63, 3.8) is 0 Å². The van der Waals surface area contributed by atoms with Gasteiger partial charge in [0, 0.05) is 11.8 Å². The summed E-state index contributed by atoms with van der Waals surface area (Å²) in [7, 11) is 1.39. The van der Waals surface area contributed by atoms with E-state index in [-0.39, 0.29) is 5.97 Å². The molecule has 0 radical (unpaired) electrons. The first-order valence-corrected chi connectivity index (χ1v) is 7.38. The summed E-state index contributed by atoms with van der Waals surface area (Å²) in [6.45, 7) is 0.731. The maximum absolute atomic E-state index is 11.5. The number of ether oxygens (including phenoxy) is 1. The van der Waals surface area contributed by atoms with Gasteiger partial charge in [0.2, 0.25) is 0 Å². The molecule has 0 saturated heterocycles. The van der Waals surface area contributed by atoms with Crippen LogP contribution < -0.4 is 0 Å². The van der Waals surface area contributed by atoms with Gasteiger partial charge in [-0.1, -0.05) is 30.3 Å². The van der Waals surface area contributed by atoms with Crippen LogP contribution in [0.1, 0.15) is 15.2 Å². The SMILES string of the molecule is COC(=O)c1cc(-c2cnn(Cc3ccccc3)c2)cs1. The van der Waals surface area contributed by atoms with Crippen LogP contribution in [0.15, 0.2) is 54.2 Å². The van der Waals surface area contributed by atoms with E-state index in [9.17, 15) is 4.79 Å². The van der Waals surface area contributed by atoms with Gasteiger partial charge in [-0.25, -0.2) is 4.79 Å². The van der Waals surface area contributed by atoms with Gasteiger partial charge < -0.3 is 4.74 Å². The van der Waals surface area contributed by atoms with Crippen LogP contribution >= 0.6 is 11.3 Å². The quantitative estimate of drug-likeness (QED) is 0.693. The van der Waals surface area contributed by atoms with Gasteiger partial charge in [-0.2, -0.15) is 5.10 Å². The van der Waals surface area contributed by atoms with Gasteiger partial charge >= 0.3 is 5.97 Å². The summed E-state index contributed by atoms with van der Waals surface area (Å²) in [6.07, 6.45) is 3.79. The van der Waals surface area contributed by atoms with Crippen molar-refractivity contribution >= 4 is 17.3 Å². The van der Waals surface area contributed by atoms with Gasteiger partial charge in [0.15, 0.2) is 0 Å². The second-order valence-electron chi connectivity index (χ2n) is 4.60. The van der Waals surface area contributed by atoms with E-state index in [0.29, 0.717) is 4.88 Å². The third-order valence-corrected chi connectivity index (χ3v) is 4.05. The van der Waals surface area contributed by atoms with E-state index < -0.39 is 0 Å². The highest BCUT2D eigenvalue weighted by Crippen LogP contribution is 2.25. The molecule has 0 amide bonds. The molecule has 2 aromatic heterocycles. The minimum Gasteiger partial charge on any atom is -0.465 e. The molecular formula is C16H14N2O2S.